The molecule has 0 fully saturated rings. The van der Waals surface area contributed by atoms with Gasteiger partial charge in [-0.3, -0.25) is 0 Å². The molecule has 0 saturated heterocycles. The number of nitrogens with zero attached hydrogens (tertiary/aromatic N) is 3. The zero-order valence-electron chi connectivity index (χ0n) is 10.0. The van der Waals surface area contributed by atoms with Crippen LogP contribution in [-0.4, -0.2) is 20.8 Å². The maximum absolute atomic E-state index is 5.93. The predicted molar refractivity (Wildman–Crippen MR) is 70.6 cm³/mol. The molecule has 1 aliphatic rings. The van der Waals surface area contributed by atoms with E-state index in [-0.39, 0.29) is 6.04 Å². The summed E-state index contributed by atoms with van der Waals surface area (Å²) >= 11 is 5.88. The Labute approximate surface area is 111 Å². The van der Waals surface area contributed by atoms with E-state index in [2.05, 4.69) is 14.8 Å². The number of aromatic nitrogens is 3. The van der Waals surface area contributed by atoms with E-state index in [1.807, 2.05) is 24.3 Å². The van der Waals surface area contributed by atoms with Gasteiger partial charge in [0.15, 0.2) is 0 Å². The fourth-order valence-electron chi connectivity index (χ4n) is 2.33. The summed E-state index contributed by atoms with van der Waals surface area (Å²) in [5.41, 5.74) is 7.13. The zero-order chi connectivity index (χ0) is 12.5. The highest BCUT2D eigenvalue weighted by atomic mass is 35.5. The molecule has 2 N–H and O–H groups in total. The summed E-state index contributed by atoms with van der Waals surface area (Å²) < 4.78 is 2.19. The van der Waals surface area contributed by atoms with Gasteiger partial charge in [0.1, 0.15) is 11.6 Å². The third-order valence-electron chi connectivity index (χ3n) is 3.35. The molecular weight excluding hydrogens is 248 g/mol. The van der Waals surface area contributed by atoms with Gasteiger partial charge < -0.3 is 10.3 Å². The molecule has 0 radical (unpaired) electrons. The minimum atomic E-state index is 0.227. The first-order chi connectivity index (χ1) is 8.72. The second-order valence-corrected chi connectivity index (χ2v) is 5.18. The van der Waals surface area contributed by atoms with E-state index in [1.54, 1.807) is 0 Å². The quantitative estimate of drug-likeness (QED) is 0.898. The van der Waals surface area contributed by atoms with Crippen LogP contribution in [0, 0.1) is 0 Å². The largest absolute Gasteiger partial charge is 0.327 e. The standard InChI is InChI=1S/C13H15ClN4/c14-10-3-1-9(2-4-10)7-12-16-17-13-8-11(15)5-6-18(12)13/h1-4,11H,5-8,15H2. The van der Waals surface area contributed by atoms with E-state index in [0.29, 0.717) is 0 Å². The second kappa shape index (κ2) is 4.71. The number of hydrogen-bond acceptors (Lipinski definition) is 3. The van der Waals surface area contributed by atoms with E-state index in [0.717, 1.165) is 42.5 Å². The van der Waals surface area contributed by atoms with Crippen molar-refractivity contribution in [3.63, 3.8) is 0 Å². The summed E-state index contributed by atoms with van der Waals surface area (Å²) in [6.45, 7) is 0.923. The van der Waals surface area contributed by atoms with Crippen molar-refractivity contribution >= 4 is 11.6 Å². The average molecular weight is 263 g/mol. The van der Waals surface area contributed by atoms with Crippen LogP contribution in [-0.2, 0) is 19.4 Å². The molecule has 4 nitrogen and oxygen atoms in total. The monoisotopic (exact) mass is 262 g/mol. The molecule has 2 heterocycles. The van der Waals surface area contributed by atoms with Crippen LogP contribution < -0.4 is 5.73 Å². The van der Waals surface area contributed by atoms with Crippen LogP contribution in [0.4, 0.5) is 0 Å². The molecule has 0 bridgehead atoms. The van der Waals surface area contributed by atoms with Gasteiger partial charge in [0.25, 0.3) is 0 Å². The topological polar surface area (TPSA) is 56.7 Å². The first kappa shape index (κ1) is 11.7. The highest BCUT2D eigenvalue weighted by Gasteiger charge is 2.20. The van der Waals surface area contributed by atoms with Gasteiger partial charge in [-0.05, 0) is 24.1 Å². The van der Waals surface area contributed by atoms with E-state index >= 15 is 0 Å². The lowest BCUT2D eigenvalue weighted by molar-refractivity contribution is 0.455. The number of halogens is 1. The summed E-state index contributed by atoms with van der Waals surface area (Å²) in [4.78, 5) is 0. The molecule has 1 aliphatic heterocycles. The summed E-state index contributed by atoms with van der Waals surface area (Å²) in [5, 5.41) is 9.26. The number of fused-ring (bicyclic) bond motifs is 1. The Kier molecular flexibility index (Phi) is 3.06. The van der Waals surface area contributed by atoms with Gasteiger partial charge >= 0.3 is 0 Å². The van der Waals surface area contributed by atoms with Crippen LogP contribution in [0.5, 0.6) is 0 Å². The van der Waals surface area contributed by atoms with Crippen LogP contribution in [0.3, 0.4) is 0 Å². The minimum absolute atomic E-state index is 0.227. The molecule has 0 amide bonds. The number of benzene rings is 1. The molecular formula is C13H15ClN4. The summed E-state index contributed by atoms with van der Waals surface area (Å²) in [5.74, 6) is 2.02. The maximum Gasteiger partial charge on any atom is 0.137 e. The third-order valence-corrected chi connectivity index (χ3v) is 3.60. The zero-order valence-corrected chi connectivity index (χ0v) is 10.8. The highest BCUT2D eigenvalue weighted by Crippen LogP contribution is 2.17. The lowest BCUT2D eigenvalue weighted by atomic mass is 10.1. The van der Waals surface area contributed by atoms with Crippen molar-refractivity contribution < 1.29 is 0 Å². The Morgan fingerprint density at radius 2 is 2.06 bits per heavy atom. The molecule has 1 aromatic heterocycles. The molecule has 5 heteroatoms. The Bertz CT molecular complexity index is 547. The third kappa shape index (κ3) is 2.26. The lowest BCUT2D eigenvalue weighted by Gasteiger charge is -2.20. The Balaban J connectivity index is 1.83. The maximum atomic E-state index is 5.93. The van der Waals surface area contributed by atoms with E-state index < -0.39 is 0 Å². The van der Waals surface area contributed by atoms with E-state index in [1.165, 1.54) is 5.56 Å². The predicted octanol–water partition coefficient (Wildman–Crippen LogP) is 1.80. The first-order valence-corrected chi connectivity index (χ1v) is 6.51. The smallest absolute Gasteiger partial charge is 0.137 e. The second-order valence-electron chi connectivity index (χ2n) is 4.74. The van der Waals surface area contributed by atoms with Crippen molar-refractivity contribution in [2.45, 2.75) is 31.8 Å². The van der Waals surface area contributed by atoms with Gasteiger partial charge in [-0.1, -0.05) is 23.7 Å². The normalized spacial score (nSPS) is 18.7. The van der Waals surface area contributed by atoms with Crippen LogP contribution in [0.1, 0.15) is 23.6 Å². The molecule has 0 spiro atoms. The van der Waals surface area contributed by atoms with Gasteiger partial charge in [-0.25, -0.2) is 0 Å². The summed E-state index contributed by atoms with van der Waals surface area (Å²) in [7, 11) is 0. The minimum Gasteiger partial charge on any atom is -0.327 e. The lowest BCUT2D eigenvalue weighted by Crippen LogP contribution is -2.31. The van der Waals surface area contributed by atoms with Crippen molar-refractivity contribution in [2.24, 2.45) is 5.73 Å². The molecule has 2 aromatic rings. The molecule has 1 aromatic carbocycles. The summed E-state index contributed by atoms with van der Waals surface area (Å²) in [6, 6.07) is 8.09. The molecule has 1 unspecified atom stereocenters. The molecule has 0 saturated carbocycles. The van der Waals surface area contributed by atoms with Gasteiger partial charge in [0.2, 0.25) is 0 Å². The van der Waals surface area contributed by atoms with Crippen LogP contribution in [0.25, 0.3) is 0 Å². The SMILES string of the molecule is NC1CCn2c(Cc3ccc(Cl)cc3)nnc2C1. The Hall–Kier alpha value is -1.39. The molecule has 0 aliphatic carbocycles. The first-order valence-electron chi connectivity index (χ1n) is 6.13. The fourth-order valence-corrected chi connectivity index (χ4v) is 2.45. The van der Waals surface area contributed by atoms with E-state index in [9.17, 15) is 0 Å². The van der Waals surface area contributed by atoms with Crippen molar-refractivity contribution in [3.8, 4) is 0 Å². The number of nitrogens with two attached hydrogens (primary N) is 1. The van der Waals surface area contributed by atoms with Gasteiger partial charge in [-0.15, -0.1) is 10.2 Å². The molecule has 18 heavy (non-hydrogen) atoms. The van der Waals surface area contributed by atoms with Crippen LogP contribution in [0.2, 0.25) is 5.02 Å². The van der Waals surface area contributed by atoms with Crippen molar-refractivity contribution in [1.29, 1.82) is 0 Å². The molecule has 94 valence electrons. The van der Waals surface area contributed by atoms with Gasteiger partial charge in [-0.2, -0.15) is 0 Å². The van der Waals surface area contributed by atoms with E-state index in [4.69, 9.17) is 17.3 Å². The van der Waals surface area contributed by atoms with Crippen molar-refractivity contribution in [3.05, 3.63) is 46.5 Å². The van der Waals surface area contributed by atoms with Gasteiger partial charge in [0.05, 0.1) is 0 Å². The van der Waals surface area contributed by atoms with Crippen LogP contribution >= 0.6 is 11.6 Å². The Morgan fingerprint density at radius 3 is 2.83 bits per heavy atom. The fraction of sp³-hybridized carbons (Fsp3) is 0.385. The number of rotatable bonds is 2. The van der Waals surface area contributed by atoms with Gasteiger partial charge in [0, 0.05) is 30.5 Å². The van der Waals surface area contributed by atoms with Crippen molar-refractivity contribution in [2.75, 3.05) is 0 Å². The van der Waals surface area contributed by atoms with Crippen LogP contribution in [0.15, 0.2) is 24.3 Å². The molecule has 1 atom stereocenters. The average Bonchev–Trinajstić information content (AvgIpc) is 2.74. The highest BCUT2D eigenvalue weighted by molar-refractivity contribution is 6.30. The summed E-state index contributed by atoms with van der Waals surface area (Å²) in [6.07, 6.45) is 2.62. The molecule has 3 rings (SSSR count). The van der Waals surface area contributed by atoms with Crippen molar-refractivity contribution in [1.82, 2.24) is 14.8 Å². The Morgan fingerprint density at radius 1 is 1.28 bits per heavy atom. The number of hydrogen-bond donors (Lipinski definition) is 1.